The number of alkyl halides is 3. The number of halogens is 3. The number of hydrogen-bond acceptors (Lipinski definition) is 4. The van der Waals surface area contributed by atoms with Gasteiger partial charge < -0.3 is 20.2 Å². The number of piperidine rings is 2. The maximum absolute atomic E-state index is 10.6. The third-order valence-corrected chi connectivity index (χ3v) is 5.65. The second kappa shape index (κ2) is 9.90. The van der Waals surface area contributed by atoms with Gasteiger partial charge in [-0.25, -0.2) is 4.79 Å². The SMILES string of the molecule is C1CCN(CCCN2CCC3(CCCCN3)C2)CC1.O=C(O)C(F)(F)F. The highest BCUT2D eigenvalue weighted by Gasteiger charge is 2.39. The van der Waals surface area contributed by atoms with Crippen molar-refractivity contribution >= 4 is 5.97 Å². The molecule has 3 heterocycles. The summed E-state index contributed by atoms with van der Waals surface area (Å²) >= 11 is 0. The summed E-state index contributed by atoms with van der Waals surface area (Å²) in [5, 5.41) is 10.9. The van der Waals surface area contributed by atoms with Crippen molar-refractivity contribution in [1.29, 1.82) is 0 Å². The van der Waals surface area contributed by atoms with Crippen LogP contribution < -0.4 is 5.32 Å². The number of hydrogen-bond donors (Lipinski definition) is 2. The van der Waals surface area contributed by atoms with E-state index in [4.69, 9.17) is 9.90 Å². The molecule has 152 valence electrons. The molecule has 3 aliphatic rings. The van der Waals surface area contributed by atoms with Crippen LogP contribution in [0, 0.1) is 0 Å². The summed E-state index contributed by atoms with van der Waals surface area (Å²) in [6.07, 6.45) is 6.22. The van der Waals surface area contributed by atoms with Gasteiger partial charge in [-0.15, -0.1) is 0 Å². The minimum Gasteiger partial charge on any atom is -0.475 e. The third kappa shape index (κ3) is 7.04. The summed E-state index contributed by atoms with van der Waals surface area (Å²) in [6.45, 7) is 9.25. The highest BCUT2D eigenvalue weighted by Crippen LogP contribution is 2.29. The van der Waals surface area contributed by atoms with Crippen LogP contribution in [0.1, 0.15) is 51.4 Å². The molecule has 0 aromatic heterocycles. The van der Waals surface area contributed by atoms with E-state index in [-0.39, 0.29) is 0 Å². The van der Waals surface area contributed by atoms with Gasteiger partial charge >= 0.3 is 12.1 Å². The zero-order chi connectivity index (χ0) is 19.0. The molecule has 1 unspecified atom stereocenters. The number of carboxylic acids is 1. The monoisotopic (exact) mass is 379 g/mol. The van der Waals surface area contributed by atoms with Crippen LogP contribution in [-0.2, 0) is 4.79 Å². The van der Waals surface area contributed by atoms with Crippen LogP contribution in [0.4, 0.5) is 13.2 Å². The predicted molar refractivity (Wildman–Crippen MR) is 94.2 cm³/mol. The van der Waals surface area contributed by atoms with Crippen LogP contribution in [0.3, 0.4) is 0 Å². The molecule has 3 saturated heterocycles. The number of nitrogens with one attached hydrogen (secondary N) is 1. The molecule has 0 aromatic rings. The quantitative estimate of drug-likeness (QED) is 0.787. The Morgan fingerprint density at radius 1 is 0.962 bits per heavy atom. The van der Waals surface area contributed by atoms with E-state index >= 15 is 0 Å². The van der Waals surface area contributed by atoms with Gasteiger partial charge in [-0.05, 0) is 71.2 Å². The Labute approximate surface area is 153 Å². The summed E-state index contributed by atoms with van der Waals surface area (Å²) in [7, 11) is 0. The van der Waals surface area contributed by atoms with E-state index in [0.717, 1.165) is 0 Å². The number of rotatable bonds is 4. The first-order chi connectivity index (χ1) is 12.3. The third-order valence-electron chi connectivity index (χ3n) is 5.65. The van der Waals surface area contributed by atoms with Gasteiger partial charge in [-0.1, -0.05) is 12.8 Å². The Bertz CT molecular complexity index is 434. The summed E-state index contributed by atoms with van der Waals surface area (Å²) in [4.78, 5) is 14.3. The molecule has 2 N–H and O–H groups in total. The van der Waals surface area contributed by atoms with Gasteiger partial charge in [0.1, 0.15) is 0 Å². The van der Waals surface area contributed by atoms with E-state index in [1.807, 2.05) is 0 Å². The smallest absolute Gasteiger partial charge is 0.475 e. The Morgan fingerprint density at radius 2 is 1.62 bits per heavy atom. The van der Waals surface area contributed by atoms with Gasteiger partial charge in [0.15, 0.2) is 0 Å². The standard InChI is InChI=1S/C16H31N3.C2HF3O2/c1-4-10-18(11-5-1)12-6-13-19-14-8-16(15-19)7-2-3-9-17-16;3-2(4,5)1(6)7/h17H,1-15H2;(H,6,7). The maximum Gasteiger partial charge on any atom is 0.490 e. The highest BCUT2D eigenvalue weighted by atomic mass is 19.4. The van der Waals surface area contributed by atoms with Crippen LogP contribution >= 0.6 is 0 Å². The number of carboxylic acid groups (broad SMARTS) is 1. The average molecular weight is 379 g/mol. The van der Waals surface area contributed by atoms with Crippen molar-refractivity contribution in [3.8, 4) is 0 Å². The molecular formula is C18H32F3N3O2. The van der Waals surface area contributed by atoms with E-state index in [9.17, 15) is 13.2 Å². The number of likely N-dealkylation sites (tertiary alicyclic amines) is 2. The summed E-state index contributed by atoms with van der Waals surface area (Å²) < 4.78 is 31.7. The van der Waals surface area contributed by atoms with Gasteiger partial charge in [-0.2, -0.15) is 13.2 Å². The van der Waals surface area contributed by atoms with E-state index < -0.39 is 12.1 Å². The molecule has 26 heavy (non-hydrogen) atoms. The van der Waals surface area contributed by atoms with Crippen molar-refractivity contribution in [3.05, 3.63) is 0 Å². The van der Waals surface area contributed by atoms with E-state index in [1.54, 1.807) is 0 Å². The Kier molecular flexibility index (Phi) is 8.16. The van der Waals surface area contributed by atoms with Gasteiger partial charge in [0.05, 0.1) is 0 Å². The minimum absolute atomic E-state index is 0.503. The van der Waals surface area contributed by atoms with Gasteiger partial charge in [0, 0.05) is 18.6 Å². The van der Waals surface area contributed by atoms with Crippen LogP contribution in [0.15, 0.2) is 0 Å². The first kappa shape index (κ1) is 21.4. The fraction of sp³-hybridized carbons (Fsp3) is 0.944. The number of carbonyl (C=O) groups is 1. The molecule has 0 radical (unpaired) electrons. The predicted octanol–water partition coefficient (Wildman–Crippen LogP) is 2.71. The molecular weight excluding hydrogens is 347 g/mol. The zero-order valence-corrected chi connectivity index (χ0v) is 15.5. The van der Waals surface area contributed by atoms with Gasteiger partial charge in [0.2, 0.25) is 0 Å². The topological polar surface area (TPSA) is 55.8 Å². The second-order valence-corrected chi connectivity index (χ2v) is 7.75. The first-order valence-corrected chi connectivity index (χ1v) is 9.81. The normalized spacial score (nSPS) is 28.0. The first-order valence-electron chi connectivity index (χ1n) is 9.81. The molecule has 0 saturated carbocycles. The Hall–Kier alpha value is -0.860. The lowest BCUT2D eigenvalue weighted by molar-refractivity contribution is -0.192. The molecule has 1 spiro atoms. The van der Waals surface area contributed by atoms with Crippen LogP contribution in [-0.4, -0.2) is 78.4 Å². The van der Waals surface area contributed by atoms with Crippen molar-refractivity contribution in [1.82, 2.24) is 15.1 Å². The lowest BCUT2D eigenvalue weighted by Gasteiger charge is -2.35. The van der Waals surface area contributed by atoms with Gasteiger partial charge in [0.25, 0.3) is 0 Å². The van der Waals surface area contributed by atoms with Crippen molar-refractivity contribution in [2.24, 2.45) is 0 Å². The fourth-order valence-corrected chi connectivity index (χ4v) is 4.23. The van der Waals surface area contributed by atoms with Crippen LogP contribution in [0.25, 0.3) is 0 Å². The molecule has 1 atom stereocenters. The Balaban J connectivity index is 0.000000298. The number of aliphatic carboxylic acids is 1. The average Bonchev–Trinajstić information content (AvgIpc) is 2.98. The highest BCUT2D eigenvalue weighted by molar-refractivity contribution is 5.73. The second-order valence-electron chi connectivity index (χ2n) is 7.75. The Morgan fingerprint density at radius 3 is 2.19 bits per heavy atom. The van der Waals surface area contributed by atoms with E-state index in [0.29, 0.717) is 5.54 Å². The molecule has 0 amide bonds. The van der Waals surface area contributed by atoms with Crippen molar-refractivity contribution in [2.75, 3.05) is 45.8 Å². The molecule has 8 heteroatoms. The largest absolute Gasteiger partial charge is 0.490 e. The maximum atomic E-state index is 10.6. The molecule has 3 aliphatic heterocycles. The minimum atomic E-state index is -5.08. The fourth-order valence-electron chi connectivity index (χ4n) is 4.23. The molecule has 0 aromatic carbocycles. The summed E-state index contributed by atoms with van der Waals surface area (Å²) in [5.41, 5.74) is 0.503. The number of nitrogens with zero attached hydrogens (tertiary/aromatic N) is 2. The van der Waals surface area contributed by atoms with Crippen LogP contribution in [0.2, 0.25) is 0 Å². The van der Waals surface area contributed by atoms with Crippen molar-refractivity contribution < 1.29 is 23.1 Å². The molecule has 0 aliphatic carbocycles. The molecule has 3 fully saturated rings. The molecule has 0 bridgehead atoms. The summed E-state index contributed by atoms with van der Waals surface area (Å²) in [6, 6.07) is 0. The van der Waals surface area contributed by atoms with E-state index in [2.05, 4.69) is 15.1 Å². The molecule has 3 rings (SSSR count). The van der Waals surface area contributed by atoms with Gasteiger partial charge in [-0.3, -0.25) is 0 Å². The van der Waals surface area contributed by atoms with E-state index in [1.165, 1.54) is 97.2 Å². The zero-order valence-electron chi connectivity index (χ0n) is 15.5. The lowest BCUT2D eigenvalue weighted by atomic mass is 9.88. The lowest BCUT2D eigenvalue weighted by Crippen LogP contribution is -2.50. The summed E-state index contributed by atoms with van der Waals surface area (Å²) in [5.74, 6) is -2.76. The van der Waals surface area contributed by atoms with Crippen LogP contribution in [0.5, 0.6) is 0 Å². The van der Waals surface area contributed by atoms with Crippen molar-refractivity contribution in [3.63, 3.8) is 0 Å². The molecule has 5 nitrogen and oxygen atoms in total. The van der Waals surface area contributed by atoms with Crippen molar-refractivity contribution in [2.45, 2.75) is 63.1 Å².